The molecular weight excluding hydrogens is 246 g/mol. The predicted octanol–water partition coefficient (Wildman–Crippen LogP) is 1.76. The maximum Gasteiger partial charge on any atom is 0.328 e. The molecule has 96 valence electrons. The molecule has 19 heavy (non-hydrogen) atoms. The zero-order valence-corrected chi connectivity index (χ0v) is 9.83. The molecule has 0 aromatic carbocycles. The van der Waals surface area contributed by atoms with Gasteiger partial charge in [0.15, 0.2) is 0 Å². The van der Waals surface area contributed by atoms with Crippen molar-refractivity contribution in [2.24, 2.45) is 0 Å². The topological polar surface area (TPSA) is 95.1 Å². The number of aromatic nitrogens is 2. The Kier molecular flexibility index (Phi) is 3.72. The monoisotopic (exact) mass is 257 g/mol. The molecule has 0 unspecified atom stereocenters. The van der Waals surface area contributed by atoms with Gasteiger partial charge in [0.1, 0.15) is 11.5 Å². The lowest BCUT2D eigenvalue weighted by molar-refractivity contribution is -0.131. The van der Waals surface area contributed by atoms with Gasteiger partial charge in [-0.3, -0.25) is 4.79 Å². The lowest BCUT2D eigenvalue weighted by atomic mass is 10.2. The molecule has 0 bridgehead atoms. The molecular formula is C13H11N3O3. The zero-order chi connectivity index (χ0) is 13.7. The minimum absolute atomic E-state index is 0.308. The number of carbonyl (C=O) groups excluding carboxylic acids is 1. The van der Waals surface area contributed by atoms with Crippen LogP contribution in [0.25, 0.3) is 6.08 Å². The summed E-state index contributed by atoms with van der Waals surface area (Å²) in [4.78, 5) is 28.9. The molecule has 2 rings (SSSR count). The lowest BCUT2D eigenvalue weighted by Crippen LogP contribution is -2.13. The summed E-state index contributed by atoms with van der Waals surface area (Å²) in [6.07, 6.45) is 5.58. The molecule has 0 fully saturated rings. The van der Waals surface area contributed by atoms with Crippen LogP contribution in [-0.2, 0) is 4.79 Å². The van der Waals surface area contributed by atoms with Gasteiger partial charge in [-0.15, -0.1) is 0 Å². The highest BCUT2D eigenvalue weighted by atomic mass is 16.4. The average Bonchev–Trinajstić information content (AvgIpc) is 2.91. The molecule has 2 aromatic rings. The van der Waals surface area contributed by atoms with Gasteiger partial charge in [0, 0.05) is 18.5 Å². The number of aliphatic carboxylic acids is 1. The Hall–Kier alpha value is -2.89. The first kappa shape index (κ1) is 12.6. The second-order valence-electron chi connectivity index (χ2n) is 3.68. The van der Waals surface area contributed by atoms with Gasteiger partial charge in [-0.1, -0.05) is 0 Å². The summed E-state index contributed by atoms with van der Waals surface area (Å²) in [5.41, 5.74) is 1.06. The van der Waals surface area contributed by atoms with E-state index in [0.717, 1.165) is 6.08 Å². The van der Waals surface area contributed by atoms with Crippen LogP contribution in [0.5, 0.6) is 0 Å². The van der Waals surface area contributed by atoms with Crippen molar-refractivity contribution in [2.75, 3.05) is 5.32 Å². The number of amides is 1. The second kappa shape index (κ2) is 5.63. The number of carbonyl (C=O) groups is 2. The molecule has 6 heteroatoms. The van der Waals surface area contributed by atoms with Crippen molar-refractivity contribution in [1.82, 2.24) is 9.97 Å². The summed E-state index contributed by atoms with van der Waals surface area (Å²) in [5.74, 6) is -0.988. The molecule has 3 N–H and O–H groups in total. The molecule has 0 atom stereocenters. The molecule has 0 spiro atoms. The highest BCUT2D eigenvalue weighted by Gasteiger charge is 2.06. The minimum atomic E-state index is -1.03. The van der Waals surface area contributed by atoms with E-state index >= 15 is 0 Å². The molecule has 0 saturated heterocycles. The molecule has 1 amide bonds. The Bertz CT molecular complexity index is 618. The van der Waals surface area contributed by atoms with E-state index in [0.29, 0.717) is 17.1 Å². The fraction of sp³-hybridized carbons (Fsp3) is 0. The van der Waals surface area contributed by atoms with E-state index in [-0.39, 0.29) is 5.91 Å². The number of hydrogen-bond acceptors (Lipinski definition) is 3. The molecule has 6 nitrogen and oxygen atoms in total. The van der Waals surface area contributed by atoms with Gasteiger partial charge in [0.2, 0.25) is 0 Å². The van der Waals surface area contributed by atoms with Crippen LogP contribution in [0.3, 0.4) is 0 Å². The van der Waals surface area contributed by atoms with Gasteiger partial charge < -0.3 is 15.4 Å². The number of aromatic amines is 1. The molecule has 0 aliphatic carbocycles. The SMILES string of the molecule is O=C(O)/C=C/c1ccnc(NC(=O)c2ccc[nH]2)c1. The zero-order valence-electron chi connectivity index (χ0n) is 9.83. The number of anilines is 1. The first-order valence-corrected chi connectivity index (χ1v) is 5.47. The Morgan fingerprint density at radius 3 is 2.89 bits per heavy atom. The fourth-order valence-electron chi connectivity index (χ4n) is 1.44. The van der Waals surface area contributed by atoms with E-state index in [1.807, 2.05) is 0 Å². The second-order valence-corrected chi connectivity index (χ2v) is 3.68. The Morgan fingerprint density at radius 2 is 2.21 bits per heavy atom. The normalized spacial score (nSPS) is 10.5. The van der Waals surface area contributed by atoms with Crippen LogP contribution in [0.15, 0.2) is 42.7 Å². The third-order valence-electron chi connectivity index (χ3n) is 2.29. The maximum absolute atomic E-state index is 11.8. The smallest absolute Gasteiger partial charge is 0.328 e. The van der Waals surface area contributed by atoms with Gasteiger partial charge in [0.25, 0.3) is 5.91 Å². The summed E-state index contributed by atoms with van der Waals surface area (Å²) in [5, 5.41) is 11.1. The molecule has 2 heterocycles. The Labute approximate surface area is 108 Å². The van der Waals surface area contributed by atoms with Gasteiger partial charge in [-0.2, -0.15) is 0 Å². The van der Waals surface area contributed by atoms with Crippen molar-refractivity contribution < 1.29 is 14.7 Å². The summed E-state index contributed by atoms with van der Waals surface area (Å²) in [6.45, 7) is 0. The fourth-order valence-corrected chi connectivity index (χ4v) is 1.44. The maximum atomic E-state index is 11.8. The number of carboxylic acid groups (broad SMARTS) is 1. The Balaban J connectivity index is 2.11. The van der Waals surface area contributed by atoms with E-state index in [1.54, 1.807) is 30.5 Å². The predicted molar refractivity (Wildman–Crippen MR) is 69.7 cm³/mol. The number of H-pyrrole nitrogens is 1. The molecule has 0 aliphatic heterocycles. The van der Waals surface area contributed by atoms with Crippen molar-refractivity contribution >= 4 is 23.8 Å². The molecule has 0 aliphatic rings. The highest BCUT2D eigenvalue weighted by molar-refractivity contribution is 6.02. The molecule has 2 aromatic heterocycles. The van der Waals surface area contributed by atoms with Crippen LogP contribution in [0.4, 0.5) is 5.82 Å². The van der Waals surface area contributed by atoms with E-state index < -0.39 is 5.97 Å². The standard InChI is InChI=1S/C13H11N3O3/c17-12(18)4-3-9-5-7-15-11(8-9)16-13(19)10-2-1-6-14-10/h1-8,14H,(H,17,18)(H,15,16,19)/b4-3+. The van der Waals surface area contributed by atoms with Gasteiger partial charge >= 0.3 is 5.97 Å². The number of nitrogens with one attached hydrogen (secondary N) is 2. The lowest BCUT2D eigenvalue weighted by Gasteiger charge is -2.03. The quantitative estimate of drug-likeness (QED) is 0.727. The summed E-state index contributed by atoms with van der Waals surface area (Å²) in [6, 6.07) is 6.59. The van der Waals surface area contributed by atoms with Crippen molar-refractivity contribution in [3.63, 3.8) is 0 Å². The van der Waals surface area contributed by atoms with Crippen LogP contribution in [-0.4, -0.2) is 27.0 Å². The van der Waals surface area contributed by atoms with Crippen LogP contribution >= 0.6 is 0 Å². The van der Waals surface area contributed by atoms with Crippen LogP contribution in [0.2, 0.25) is 0 Å². The summed E-state index contributed by atoms with van der Waals surface area (Å²) in [7, 11) is 0. The number of nitrogens with zero attached hydrogens (tertiary/aromatic N) is 1. The van der Waals surface area contributed by atoms with Crippen LogP contribution in [0.1, 0.15) is 16.1 Å². The van der Waals surface area contributed by atoms with E-state index in [9.17, 15) is 9.59 Å². The third-order valence-corrected chi connectivity index (χ3v) is 2.29. The van der Waals surface area contributed by atoms with Gasteiger partial charge in [-0.25, -0.2) is 9.78 Å². The van der Waals surface area contributed by atoms with Crippen molar-refractivity contribution in [2.45, 2.75) is 0 Å². The Morgan fingerprint density at radius 1 is 1.37 bits per heavy atom. The van der Waals surface area contributed by atoms with Crippen LogP contribution in [0, 0.1) is 0 Å². The average molecular weight is 257 g/mol. The van der Waals surface area contributed by atoms with E-state index in [1.165, 1.54) is 12.3 Å². The molecule has 0 radical (unpaired) electrons. The summed E-state index contributed by atoms with van der Waals surface area (Å²) >= 11 is 0. The largest absolute Gasteiger partial charge is 0.478 e. The van der Waals surface area contributed by atoms with Crippen molar-refractivity contribution in [1.29, 1.82) is 0 Å². The highest BCUT2D eigenvalue weighted by Crippen LogP contribution is 2.09. The van der Waals surface area contributed by atoms with Gasteiger partial charge in [0.05, 0.1) is 0 Å². The van der Waals surface area contributed by atoms with Crippen LogP contribution < -0.4 is 5.32 Å². The third kappa shape index (κ3) is 3.53. The van der Waals surface area contributed by atoms with Crippen molar-refractivity contribution in [3.8, 4) is 0 Å². The van der Waals surface area contributed by atoms with E-state index in [2.05, 4.69) is 15.3 Å². The van der Waals surface area contributed by atoms with Gasteiger partial charge in [-0.05, 0) is 35.9 Å². The van der Waals surface area contributed by atoms with Crippen molar-refractivity contribution in [3.05, 3.63) is 54.0 Å². The van der Waals surface area contributed by atoms with E-state index in [4.69, 9.17) is 5.11 Å². The summed E-state index contributed by atoms with van der Waals surface area (Å²) < 4.78 is 0. The minimum Gasteiger partial charge on any atom is -0.478 e. The number of rotatable bonds is 4. The first-order chi connectivity index (χ1) is 9.15. The number of carboxylic acids is 1. The number of pyridine rings is 1. The first-order valence-electron chi connectivity index (χ1n) is 5.47. The molecule has 0 saturated carbocycles. The number of hydrogen-bond donors (Lipinski definition) is 3.